The van der Waals surface area contributed by atoms with Crippen LogP contribution in [0.3, 0.4) is 0 Å². The monoisotopic (exact) mass is 423 g/mol. The number of methoxy groups -OCH3 is 1. The van der Waals surface area contributed by atoms with Crippen molar-refractivity contribution in [2.75, 3.05) is 36.3 Å². The van der Waals surface area contributed by atoms with Crippen LogP contribution in [-0.2, 0) is 6.54 Å². The predicted molar refractivity (Wildman–Crippen MR) is 127 cm³/mol. The summed E-state index contributed by atoms with van der Waals surface area (Å²) in [7, 11) is 5.66. The molecule has 0 saturated carbocycles. The number of rotatable bonds is 6. The number of anilines is 3. The molecule has 0 radical (unpaired) electrons. The van der Waals surface area contributed by atoms with Gasteiger partial charge in [0, 0.05) is 31.2 Å². The molecular weight excluding hydrogens is 397 g/mol. The molecule has 0 amide bonds. The van der Waals surface area contributed by atoms with Crippen LogP contribution in [0.25, 0.3) is 0 Å². The van der Waals surface area contributed by atoms with Crippen molar-refractivity contribution in [2.24, 2.45) is 0 Å². The van der Waals surface area contributed by atoms with Crippen molar-refractivity contribution in [3.8, 4) is 5.75 Å². The molecule has 0 heterocycles. The highest BCUT2D eigenvalue weighted by Gasteiger charge is 2.14. The van der Waals surface area contributed by atoms with Crippen LogP contribution in [0, 0.1) is 12.7 Å². The molecule has 0 aliphatic rings. The van der Waals surface area contributed by atoms with Gasteiger partial charge in [-0.1, -0.05) is 18.2 Å². The number of hydrogen-bond acceptors (Lipinski definition) is 3. The number of ether oxygens (including phenoxy) is 1. The highest BCUT2D eigenvalue weighted by molar-refractivity contribution is 7.80. The van der Waals surface area contributed by atoms with E-state index in [2.05, 4.69) is 34.5 Å². The molecule has 0 fully saturated rings. The first-order valence-corrected chi connectivity index (χ1v) is 10.0. The van der Waals surface area contributed by atoms with Crippen molar-refractivity contribution in [1.82, 2.24) is 0 Å². The maximum absolute atomic E-state index is 14.0. The summed E-state index contributed by atoms with van der Waals surface area (Å²) in [5.74, 6) is 0.506. The number of nitrogens with zero attached hydrogens (tertiary/aromatic N) is 2. The zero-order chi connectivity index (χ0) is 21.7. The van der Waals surface area contributed by atoms with E-state index >= 15 is 0 Å². The molecule has 3 aromatic rings. The molecule has 0 atom stereocenters. The molecule has 0 saturated heterocycles. The Bertz CT molecular complexity index is 1000. The van der Waals surface area contributed by atoms with E-state index in [4.69, 9.17) is 17.0 Å². The van der Waals surface area contributed by atoms with Gasteiger partial charge in [-0.2, -0.15) is 0 Å². The summed E-state index contributed by atoms with van der Waals surface area (Å²) >= 11 is 5.70. The minimum absolute atomic E-state index is 0.266. The van der Waals surface area contributed by atoms with E-state index in [1.165, 1.54) is 6.07 Å². The van der Waals surface area contributed by atoms with Crippen molar-refractivity contribution in [3.05, 3.63) is 83.7 Å². The molecule has 4 nitrogen and oxygen atoms in total. The Kier molecular flexibility index (Phi) is 6.90. The van der Waals surface area contributed by atoms with Crippen LogP contribution in [0.2, 0.25) is 0 Å². The quantitative estimate of drug-likeness (QED) is 0.520. The van der Waals surface area contributed by atoms with Crippen molar-refractivity contribution in [3.63, 3.8) is 0 Å². The molecule has 30 heavy (non-hydrogen) atoms. The fourth-order valence-electron chi connectivity index (χ4n) is 2.99. The van der Waals surface area contributed by atoms with Crippen molar-refractivity contribution in [1.29, 1.82) is 0 Å². The van der Waals surface area contributed by atoms with Gasteiger partial charge in [-0.15, -0.1) is 0 Å². The van der Waals surface area contributed by atoms with Gasteiger partial charge in [0.15, 0.2) is 5.11 Å². The summed E-state index contributed by atoms with van der Waals surface area (Å²) in [6, 6.07) is 21.0. The lowest BCUT2D eigenvalue weighted by Crippen LogP contribution is -2.34. The molecule has 0 unspecified atom stereocenters. The van der Waals surface area contributed by atoms with E-state index in [0.717, 1.165) is 22.7 Å². The summed E-state index contributed by atoms with van der Waals surface area (Å²) < 4.78 is 19.2. The third-order valence-corrected chi connectivity index (χ3v) is 5.17. The van der Waals surface area contributed by atoms with Gasteiger partial charge < -0.3 is 19.9 Å². The van der Waals surface area contributed by atoms with E-state index in [9.17, 15) is 4.39 Å². The first kappa shape index (κ1) is 21.6. The van der Waals surface area contributed by atoms with Crippen LogP contribution >= 0.6 is 12.2 Å². The van der Waals surface area contributed by atoms with Gasteiger partial charge in [0.2, 0.25) is 0 Å². The normalized spacial score (nSPS) is 10.4. The zero-order valence-corrected chi connectivity index (χ0v) is 18.5. The first-order valence-electron chi connectivity index (χ1n) is 9.62. The fraction of sp³-hybridized carbons (Fsp3) is 0.208. The third-order valence-electron chi connectivity index (χ3n) is 4.85. The van der Waals surface area contributed by atoms with Crippen LogP contribution in [0.15, 0.2) is 66.7 Å². The maximum Gasteiger partial charge on any atom is 0.178 e. The topological polar surface area (TPSA) is 27.7 Å². The number of benzene rings is 3. The van der Waals surface area contributed by atoms with Crippen LogP contribution in [0.5, 0.6) is 5.75 Å². The molecular formula is C24H26FN3OS. The van der Waals surface area contributed by atoms with Gasteiger partial charge in [-0.25, -0.2) is 4.39 Å². The fourth-order valence-corrected chi connectivity index (χ4v) is 3.27. The third kappa shape index (κ3) is 5.27. The first-order chi connectivity index (χ1) is 14.4. The molecule has 0 spiro atoms. The molecule has 1 N–H and O–H groups in total. The van der Waals surface area contributed by atoms with Gasteiger partial charge in [-0.05, 0) is 78.8 Å². The highest BCUT2D eigenvalue weighted by atomic mass is 32.1. The Labute approximate surface area is 182 Å². The van der Waals surface area contributed by atoms with Crippen molar-refractivity contribution < 1.29 is 9.13 Å². The van der Waals surface area contributed by atoms with Gasteiger partial charge in [0.25, 0.3) is 0 Å². The van der Waals surface area contributed by atoms with Crippen molar-refractivity contribution >= 4 is 34.4 Å². The number of halogens is 1. The summed E-state index contributed by atoms with van der Waals surface area (Å²) in [6.07, 6.45) is 0. The average Bonchev–Trinajstić information content (AvgIpc) is 2.75. The van der Waals surface area contributed by atoms with Gasteiger partial charge >= 0.3 is 0 Å². The summed E-state index contributed by atoms with van der Waals surface area (Å²) in [4.78, 5) is 4.04. The number of thiocarbonyl (C=S) groups is 1. The Balaban J connectivity index is 1.87. The number of aryl methyl sites for hydroxylation is 1. The smallest absolute Gasteiger partial charge is 0.178 e. The van der Waals surface area contributed by atoms with E-state index in [-0.39, 0.29) is 5.82 Å². The van der Waals surface area contributed by atoms with Crippen LogP contribution in [-0.4, -0.2) is 26.3 Å². The van der Waals surface area contributed by atoms with E-state index in [1.54, 1.807) is 20.1 Å². The second-order valence-corrected chi connectivity index (χ2v) is 7.63. The minimum atomic E-state index is -0.266. The average molecular weight is 424 g/mol. The SMILES string of the molecule is COc1ccc(N(Cc2ccc(N(C)C)cc2)C(=S)Nc2ccc(C)c(F)c2)cc1. The molecule has 3 rings (SSSR count). The molecule has 0 aliphatic carbocycles. The molecule has 0 aliphatic heterocycles. The van der Waals surface area contributed by atoms with Crippen molar-refractivity contribution in [2.45, 2.75) is 13.5 Å². The largest absolute Gasteiger partial charge is 0.497 e. The van der Waals surface area contributed by atoms with Crippen LogP contribution in [0.4, 0.5) is 21.5 Å². The Morgan fingerprint density at radius 3 is 2.17 bits per heavy atom. The summed E-state index contributed by atoms with van der Waals surface area (Å²) in [5.41, 5.74) is 4.36. The lowest BCUT2D eigenvalue weighted by Gasteiger charge is -2.27. The second kappa shape index (κ2) is 9.59. The lowest BCUT2D eigenvalue weighted by molar-refractivity contribution is 0.415. The molecule has 0 bridgehead atoms. The zero-order valence-electron chi connectivity index (χ0n) is 17.6. The highest BCUT2D eigenvalue weighted by Crippen LogP contribution is 2.24. The Hall–Kier alpha value is -3.12. The lowest BCUT2D eigenvalue weighted by atomic mass is 10.1. The maximum atomic E-state index is 14.0. The minimum Gasteiger partial charge on any atom is -0.497 e. The molecule has 3 aromatic carbocycles. The Morgan fingerprint density at radius 1 is 0.967 bits per heavy atom. The summed E-state index contributed by atoms with van der Waals surface area (Å²) in [6.45, 7) is 2.30. The van der Waals surface area contributed by atoms with Gasteiger partial charge in [-0.3, -0.25) is 0 Å². The number of nitrogens with one attached hydrogen (secondary N) is 1. The van der Waals surface area contributed by atoms with Gasteiger partial charge in [0.05, 0.1) is 13.7 Å². The molecule has 156 valence electrons. The van der Waals surface area contributed by atoms with Crippen LogP contribution in [0.1, 0.15) is 11.1 Å². The van der Waals surface area contributed by atoms with E-state index in [0.29, 0.717) is 22.9 Å². The van der Waals surface area contributed by atoms with Gasteiger partial charge in [0.1, 0.15) is 11.6 Å². The molecule has 6 heteroatoms. The van der Waals surface area contributed by atoms with Crippen LogP contribution < -0.4 is 19.9 Å². The van der Waals surface area contributed by atoms with E-state index in [1.807, 2.05) is 49.3 Å². The standard InChI is InChI=1S/C24H26FN3OS/c1-17-5-8-19(15-23(17)25)26-24(30)28(21-11-13-22(29-4)14-12-21)16-18-6-9-20(10-7-18)27(2)3/h5-15H,16H2,1-4H3,(H,26,30). The summed E-state index contributed by atoms with van der Waals surface area (Å²) in [5, 5.41) is 3.65. The van der Waals surface area contributed by atoms with E-state index < -0.39 is 0 Å². The Morgan fingerprint density at radius 2 is 1.60 bits per heavy atom. The second-order valence-electron chi connectivity index (χ2n) is 7.24. The number of hydrogen-bond donors (Lipinski definition) is 1. The predicted octanol–water partition coefficient (Wildman–Crippen LogP) is 5.61. The molecule has 0 aromatic heterocycles.